The molecular formula is C18H28N2O. The molecule has 0 aromatic heterocycles. The molecular weight excluding hydrogens is 260 g/mol. The minimum atomic E-state index is 0.372. The van der Waals surface area contributed by atoms with Crippen LogP contribution >= 0.6 is 0 Å². The molecule has 116 valence electrons. The van der Waals surface area contributed by atoms with Gasteiger partial charge in [-0.1, -0.05) is 19.9 Å². The Morgan fingerprint density at radius 3 is 2.76 bits per heavy atom. The second kappa shape index (κ2) is 5.62. The quantitative estimate of drug-likeness (QED) is 0.879. The standard InChI is InChI=1S/C18H28N2O/c1-11-6-7-20(10-14(11)9-19)15-8-13(3)17-12(2)4-5-16(21)18(15)17/h4-5,11,13-15,21H,6-10,19H2,1-3H3. The Morgan fingerprint density at radius 2 is 2.05 bits per heavy atom. The number of phenolic OH excluding ortho intramolecular Hbond substituents is 1. The van der Waals surface area contributed by atoms with Crippen molar-refractivity contribution in [2.24, 2.45) is 17.6 Å². The van der Waals surface area contributed by atoms with E-state index in [9.17, 15) is 5.11 Å². The summed E-state index contributed by atoms with van der Waals surface area (Å²) in [5.41, 5.74) is 9.84. The first-order chi connectivity index (χ1) is 10.0. The van der Waals surface area contributed by atoms with Gasteiger partial charge in [0.2, 0.25) is 0 Å². The number of aromatic hydroxyl groups is 1. The van der Waals surface area contributed by atoms with Gasteiger partial charge in [0.05, 0.1) is 0 Å². The molecule has 1 aromatic carbocycles. The fourth-order valence-corrected chi connectivity index (χ4v) is 4.41. The average Bonchev–Trinajstić information content (AvgIpc) is 2.82. The van der Waals surface area contributed by atoms with E-state index in [1.807, 2.05) is 12.1 Å². The zero-order valence-electron chi connectivity index (χ0n) is 13.5. The molecule has 1 fully saturated rings. The predicted molar refractivity (Wildman–Crippen MR) is 86.5 cm³/mol. The number of aryl methyl sites for hydroxylation is 1. The molecule has 2 aliphatic rings. The molecule has 3 heteroatoms. The number of hydrogen-bond donors (Lipinski definition) is 2. The SMILES string of the molecule is Cc1ccc(O)c2c1C(C)CC2N1CCC(C)C(CN)C1. The summed E-state index contributed by atoms with van der Waals surface area (Å²) in [5, 5.41) is 10.4. The van der Waals surface area contributed by atoms with Crippen molar-refractivity contribution in [3.63, 3.8) is 0 Å². The maximum Gasteiger partial charge on any atom is 0.120 e. The van der Waals surface area contributed by atoms with Gasteiger partial charge in [0.15, 0.2) is 0 Å². The number of likely N-dealkylation sites (tertiary alicyclic amines) is 1. The number of phenols is 1. The molecule has 3 nitrogen and oxygen atoms in total. The van der Waals surface area contributed by atoms with Crippen LogP contribution in [0.3, 0.4) is 0 Å². The highest BCUT2D eigenvalue weighted by atomic mass is 16.3. The summed E-state index contributed by atoms with van der Waals surface area (Å²) in [6.45, 7) is 9.74. The third kappa shape index (κ3) is 2.47. The number of hydrogen-bond acceptors (Lipinski definition) is 3. The highest BCUT2D eigenvalue weighted by Crippen LogP contribution is 2.49. The predicted octanol–water partition coefficient (Wildman–Crippen LogP) is 3.17. The smallest absolute Gasteiger partial charge is 0.120 e. The van der Waals surface area contributed by atoms with Crippen LogP contribution in [-0.4, -0.2) is 29.6 Å². The highest BCUT2D eigenvalue weighted by Gasteiger charge is 2.38. The van der Waals surface area contributed by atoms with E-state index in [1.54, 1.807) is 0 Å². The molecule has 0 amide bonds. The summed E-state index contributed by atoms with van der Waals surface area (Å²) in [4.78, 5) is 2.57. The molecule has 4 unspecified atom stereocenters. The topological polar surface area (TPSA) is 49.5 Å². The Hall–Kier alpha value is -1.06. The van der Waals surface area contributed by atoms with Gasteiger partial charge in [0.1, 0.15) is 5.75 Å². The maximum absolute atomic E-state index is 10.4. The van der Waals surface area contributed by atoms with Crippen molar-refractivity contribution in [1.29, 1.82) is 0 Å². The van der Waals surface area contributed by atoms with Crippen LogP contribution in [0.5, 0.6) is 5.75 Å². The van der Waals surface area contributed by atoms with Crippen molar-refractivity contribution in [3.8, 4) is 5.75 Å². The fourth-order valence-electron chi connectivity index (χ4n) is 4.41. The lowest BCUT2D eigenvalue weighted by Gasteiger charge is -2.40. The molecule has 1 saturated heterocycles. The third-order valence-corrected chi connectivity index (χ3v) is 5.77. The molecule has 1 aliphatic carbocycles. The summed E-state index contributed by atoms with van der Waals surface area (Å²) >= 11 is 0. The van der Waals surface area contributed by atoms with Gasteiger partial charge in [-0.3, -0.25) is 4.90 Å². The number of benzene rings is 1. The minimum absolute atomic E-state index is 0.372. The normalized spacial score (nSPS) is 33.1. The second-order valence-corrected chi connectivity index (χ2v) is 7.14. The van der Waals surface area contributed by atoms with Gasteiger partial charge in [-0.05, 0) is 67.8 Å². The summed E-state index contributed by atoms with van der Waals surface area (Å²) in [6.07, 6.45) is 2.34. The summed E-state index contributed by atoms with van der Waals surface area (Å²) in [5.74, 6) is 2.32. The number of nitrogens with zero attached hydrogens (tertiary/aromatic N) is 1. The van der Waals surface area contributed by atoms with E-state index >= 15 is 0 Å². The molecule has 3 rings (SSSR count). The summed E-state index contributed by atoms with van der Waals surface area (Å²) < 4.78 is 0. The maximum atomic E-state index is 10.4. The fraction of sp³-hybridized carbons (Fsp3) is 0.667. The zero-order chi connectivity index (χ0) is 15.1. The van der Waals surface area contributed by atoms with E-state index in [1.165, 1.54) is 23.1 Å². The molecule has 1 aromatic rings. The highest BCUT2D eigenvalue weighted by molar-refractivity contribution is 5.51. The van der Waals surface area contributed by atoms with Crippen LogP contribution in [0.15, 0.2) is 12.1 Å². The lowest BCUT2D eigenvalue weighted by molar-refractivity contribution is 0.0882. The van der Waals surface area contributed by atoms with Crippen LogP contribution in [0.2, 0.25) is 0 Å². The van der Waals surface area contributed by atoms with Crippen molar-refractivity contribution < 1.29 is 5.11 Å². The van der Waals surface area contributed by atoms with E-state index in [-0.39, 0.29) is 0 Å². The van der Waals surface area contributed by atoms with E-state index in [4.69, 9.17) is 5.73 Å². The van der Waals surface area contributed by atoms with Crippen LogP contribution < -0.4 is 5.73 Å². The molecule has 0 bridgehead atoms. The lowest BCUT2D eigenvalue weighted by atomic mass is 9.86. The van der Waals surface area contributed by atoms with Crippen LogP contribution in [0.4, 0.5) is 0 Å². The molecule has 0 spiro atoms. The van der Waals surface area contributed by atoms with E-state index in [0.29, 0.717) is 23.6 Å². The molecule has 3 N–H and O–H groups in total. The molecule has 21 heavy (non-hydrogen) atoms. The molecule has 1 heterocycles. The first-order valence-electron chi connectivity index (χ1n) is 8.29. The Morgan fingerprint density at radius 1 is 1.29 bits per heavy atom. The third-order valence-electron chi connectivity index (χ3n) is 5.77. The van der Waals surface area contributed by atoms with Gasteiger partial charge in [0.25, 0.3) is 0 Å². The van der Waals surface area contributed by atoms with Gasteiger partial charge < -0.3 is 10.8 Å². The molecule has 4 atom stereocenters. The zero-order valence-corrected chi connectivity index (χ0v) is 13.5. The van der Waals surface area contributed by atoms with Gasteiger partial charge in [-0.25, -0.2) is 0 Å². The first-order valence-corrected chi connectivity index (χ1v) is 8.29. The van der Waals surface area contributed by atoms with Crippen LogP contribution in [0.1, 0.15) is 55.3 Å². The van der Waals surface area contributed by atoms with Crippen LogP contribution in [-0.2, 0) is 0 Å². The van der Waals surface area contributed by atoms with E-state index in [0.717, 1.165) is 32.0 Å². The minimum Gasteiger partial charge on any atom is -0.508 e. The van der Waals surface area contributed by atoms with Gasteiger partial charge in [-0.2, -0.15) is 0 Å². The van der Waals surface area contributed by atoms with Crippen molar-refractivity contribution >= 4 is 0 Å². The lowest BCUT2D eigenvalue weighted by Crippen LogP contribution is -2.43. The van der Waals surface area contributed by atoms with Crippen molar-refractivity contribution in [2.75, 3.05) is 19.6 Å². The Labute approximate surface area is 128 Å². The van der Waals surface area contributed by atoms with Crippen molar-refractivity contribution in [2.45, 2.75) is 45.6 Å². The van der Waals surface area contributed by atoms with E-state index < -0.39 is 0 Å². The van der Waals surface area contributed by atoms with Crippen LogP contribution in [0, 0.1) is 18.8 Å². The average molecular weight is 288 g/mol. The number of nitrogens with two attached hydrogens (primary N) is 1. The summed E-state index contributed by atoms with van der Waals surface area (Å²) in [6, 6.07) is 4.29. The Bertz CT molecular complexity index is 528. The number of rotatable bonds is 2. The summed E-state index contributed by atoms with van der Waals surface area (Å²) in [7, 11) is 0. The molecule has 0 saturated carbocycles. The van der Waals surface area contributed by atoms with Crippen molar-refractivity contribution in [3.05, 3.63) is 28.8 Å². The van der Waals surface area contributed by atoms with E-state index in [2.05, 4.69) is 25.7 Å². The van der Waals surface area contributed by atoms with Gasteiger partial charge in [0, 0.05) is 18.2 Å². The van der Waals surface area contributed by atoms with Gasteiger partial charge >= 0.3 is 0 Å². The monoisotopic (exact) mass is 288 g/mol. The molecule has 0 radical (unpaired) electrons. The number of fused-ring (bicyclic) bond motifs is 1. The number of piperidine rings is 1. The second-order valence-electron chi connectivity index (χ2n) is 7.14. The molecule has 1 aliphatic heterocycles. The van der Waals surface area contributed by atoms with Crippen molar-refractivity contribution in [1.82, 2.24) is 4.90 Å². The Kier molecular flexibility index (Phi) is 3.98. The Balaban J connectivity index is 1.91. The largest absolute Gasteiger partial charge is 0.508 e. The van der Waals surface area contributed by atoms with Crippen LogP contribution in [0.25, 0.3) is 0 Å². The van der Waals surface area contributed by atoms with Gasteiger partial charge in [-0.15, -0.1) is 0 Å². The first kappa shape index (κ1) is 14.9.